The molecule has 0 saturated heterocycles. The van der Waals surface area contributed by atoms with Crippen LogP contribution in [0.3, 0.4) is 0 Å². The van der Waals surface area contributed by atoms with E-state index in [1.54, 1.807) is 6.92 Å². The predicted octanol–water partition coefficient (Wildman–Crippen LogP) is 2.59. The molecule has 0 spiro atoms. The summed E-state index contributed by atoms with van der Waals surface area (Å²) in [7, 11) is 1.52. The molecule has 0 bridgehead atoms. The minimum absolute atomic E-state index is 0.123. The Morgan fingerprint density at radius 2 is 1.81 bits per heavy atom. The Kier molecular flexibility index (Phi) is 3.76. The second-order valence-electron chi connectivity index (χ2n) is 3.20. The van der Waals surface area contributed by atoms with Gasteiger partial charge in [-0.1, -0.05) is 0 Å². The summed E-state index contributed by atoms with van der Waals surface area (Å²) < 4.78 is 38.2. The van der Waals surface area contributed by atoms with Crippen molar-refractivity contribution in [1.29, 1.82) is 0 Å². The Labute approximate surface area is 90.9 Å². The maximum Gasteiger partial charge on any atom is 0.321 e. The van der Waals surface area contributed by atoms with Gasteiger partial charge in [-0.3, -0.25) is 0 Å². The lowest BCUT2D eigenvalue weighted by molar-refractivity contribution is 0.224. The Balaban J connectivity index is 2.87. The van der Waals surface area contributed by atoms with Crippen molar-refractivity contribution in [3.63, 3.8) is 0 Å². The number of nitrogens with one attached hydrogen (secondary N) is 1. The first-order valence-corrected chi connectivity index (χ1v) is 4.62. The Morgan fingerprint density at radius 1 is 1.31 bits per heavy atom. The van der Waals surface area contributed by atoms with Gasteiger partial charge >= 0.3 is 6.03 Å². The fraction of sp³-hybridized carbons (Fsp3) is 0.300. The molecule has 0 heterocycles. The third kappa shape index (κ3) is 2.65. The van der Waals surface area contributed by atoms with Crippen molar-refractivity contribution >= 4 is 11.7 Å². The highest BCUT2D eigenvalue weighted by molar-refractivity contribution is 5.89. The molecule has 0 saturated carbocycles. The van der Waals surface area contributed by atoms with E-state index in [0.717, 1.165) is 12.1 Å². The number of benzene rings is 1. The van der Waals surface area contributed by atoms with Crippen LogP contribution in [0, 0.1) is 17.5 Å². The van der Waals surface area contributed by atoms with E-state index >= 15 is 0 Å². The highest BCUT2D eigenvalue weighted by atomic mass is 19.2. The number of nitrogens with zero attached hydrogens (tertiary/aromatic N) is 1. The highest BCUT2D eigenvalue weighted by Crippen LogP contribution is 2.17. The topological polar surface area (TPSA) is 32.3 Å². The van der Waals surface area contributed by atoms with Crippen LogP contribution in [0.2, 0.25) is 0 Å². The fourth-order valence-electron chi connectivity index (χ4n) is 0.990. The molecule has 0 aliphatic heterocycles. The van der Waals surface area contributed by atoms with E-state index in [4.69, 9.17) is 0 Å². The minimum atomic E-state index is -1.55. The van der Waals surface area contributed by atoms with Crippen LogP contribution in [0.4, 0.5) is 23.7 Å². The summed E-state index contributed by atoms with van der Waals surface area (Å²) in [6.45, 7) is 2.18. The predicted molar refractivity (Wildman–Crippen MR) is 53.6 cm³/mol. The van der Waals surface area contributed by atoms with E-state index in [1.807, 2.05) is 0 Å². The molecule has 1 N–H and O–H groups in total. The molecule has 1 rings (SSSR count). The van der Waals surface area contributed by atoms with Crippen molar-refractivity contribution < 1.29 is 18.0 Å². The molecule has 2 amide bonds. The average molecular weight is 232 g/mol. The van der Waals surface area contributed by atoms with Crippen molar-refractivity contribution in [2.45, 2.75) is 6.92 Å². The van der Waals surface area contributed by atoms with Gasteiger partial charge in [0.25, 0.3) is 0 Å². The first-order chi connectivity index (χ1) is 7.45. The first kappa shape index (κ1) is 12.4. The summed E-state index contributed by atoms with van der Waals surface area (Å²) in [4.78, 5) is 12.6. The number of anilines is 1. The van der Waals surface area contributed by atoms with Gasteiger partial charge in [0.15, 0.2) is 17.5 Å². The number of hydrogen-bond acceptors (Lipinski definition) is 1. The summed E-state index contributed by atoms with van der Waals surface area (Å²) in [5.74, 6) is -4.23. The number of urea groups is 1. The van der Waals surface area contributed by atoms with Gasteiger partial charge in [0.2, 0.25) is 0 Å². The van der Waals surface area contributed by atoms with Crippen LogP contribution < -0.4 is 5.32 Å². The van der Waals surface area contributed by atoms with E-state index in [-0.39, 0.29) is 5.69 Å². The molecule has 16 heavy (non-hydrogen) atoms. The lowest BCUT2D eigenvalue weighted by Crippen LogP contribution is -2.31. The summed E-state index contributed by atoms with van der Waals surface area (Å²) in [5.41, 5.74) is -0.123. The van der Waals surface area contributed by atoms with E-state index in [9.17, 15) is 18.0 Å². The average Bonchev–Trinajstić information content (AvgIpc) is 2.24. The van der Waals surface area contributed by atoms with Crippen LogP contribution in [0.1, 0.15) is 6.92 Å². The van der Waals surface area contributed by atoms with E-state index in [0.29, 0.717) is 6.54 Å². The summed E-state index contributed by atoms with van der Waals surface area (Å²) >= 11 is 0. The van der Waals surface area contributed by atoms with Crippen molar-refractivity contribution in [2.75, 3.05) is 18.9 Å². The number of carbonyl (C=O) groups is 1. The third-order valence-electron chi connectivity index (χ3n) is 2.06. The van der Waals surface area contributed by atoms with Gasteiger partial charge < -0.3 is 10.2 Å². The number of rotatable bonds is 2. The molecule has 0 unspecified atom stereocenters. The quantitative estimate of drug-likeness (QED) is 0.781. The Hall–Kier alpha value is -1.72. The Bertz CT molecular complexity index is 386. The zero-order valence-electron chi connectivity index (χ0n) is 8.85. The SMILES string of the molecule is CCN(C)C(=O)Nc1cc(F)c(F)c(F)c1. The van der Waals surface area contributed by atoms with Crippen LogP contribution in [-0.4, -0.2) is 24.5 Å². The van der Waals surface area contributed by atoms with Crippen LogP contribution in [-0.2, 0) is 0 Å². The van der Waals surface area contributed by atoms with Gasteiger partial charge in [0.1, 0.15) is 0 Å². The number of hydrogen-bond donors (Lipinski definition) is 1. The molecule has 1 aromatic rings. The molecular weight excluding hydrogens is 221 g/mol. The van der Waals surface area contributed by atoms with Crippen molar-refractivity contribution in [3.05, 3.63) is 29.6 Å². The van der Waals surface area contributed by atoms with Crippen LogP contribution in [0.5, 0.6) is 0 Å². The van der Waals surface area contributed by atoms with Crippen LogP contribution >= 0.6 is 0 Å². The summed E-state index contributed by atoms with van der Waals surface area (Å²) in [6, 6.07) is 0.924. The van der Waals surface area contributed by atoms with Crippen LogP contribution in [0.25, 0.3) is 0 Å². The highest BCUT2D eigenvalue weighted by Gasteiger charge is 2.13. The molecule has 6 heteroatoms. The van der Waals surface area contributed by atoms with Crippen molar-refractivity contribution in [3.8, 4) is 0 Å². The van der Waals surface area contributed by atoms with Gasteiger partial charge in [-0.05, 0) is 6.92 Å². The maximum absolute atomic E-state index is 12.8. The second-order valence-corrected chi connectivity index (χ2v) is 3.20. The molecule has 0 aromatic heterocycles. The first-order valence-electron chi connectivity index (χ1n) is 4.62. The lowest BCUT2D eigenvalue weighted by atomic mass is 10.3. The molecular formula is C10H11F3N2O. The molecule has 0 aliphatic rings. The van der Waals surface area contributed by atoms with Gasteiger partial charge in [-0.25, -0.2) is 18.0 Å². The smallest absolute Gasteiger partial charge is 0.321 e. The molecule has 0 aliphatic carbocycles. The largest absolute Gasteiger partial charge is 0.328 e. The molecule has 88 valence electrons. The lowest BCUT2D eigenvalue weighted by Gasteiger charge is -2.15. The Morgan fingerprint density at radius 3 is 2.25 bits per heavy atom. The normalized spacial score (nSPS) is 10.1. The van der Waals surface area contributed by atoms with Gasteiger partial charge in [-0.15, -0.1) is 0 Å². The zero-order valence-corrected chi connectivity index (χ0v) is 8.85. The zero-order chi connectivity index (χ0) is 12.3. The molecule has 3 nitrogen and oxygen atoms in total. The minimum Gasteiger partial charge on any atom is -0.328 e. The number of amides is 2. The van der Waals surface area contributed by atoms with Crippen molar-refractivity contribution in [2.24, 2.45) is 0 Å². The van der Waals surface area contributed by atoms with Crippen LogP contribution in [0.15, 0.2) is 12.1 Å². The monoisotopic (exact) mass is 232 g/mol. The number of carbonyl (C=O) groups excluding carboxylic acids is 1. The van der Waals surface area contributed by atoms with Gasteiger partial charge in [0.05, 0.1) is 0 Å². The fourth-order valence-corrected chi connectivity index (χ4v) is 0.990. The number of halogens is 3. The van der Waals surface area contributed by atoms with Gasteiger partial charge in [-0.2, -0.15) is 0 Å². The van der Waals surface area contributed by atoms with E-state index < -0.39 is 23.5 Å². The molecule has 1 aromatic carbocycles. The van der Waals surface area contributed by atoms with E-state index in [1.165, 1.54) is 11.9 Å². The molecule has 0 fully saturated rings. The standard InChI is InChI=1S/C10H11F3N2O/c1-3-15(2)10(16)14-6-4-7(11)9(13)8(12)5-6/h4-5H,3H2,1-2H3,(H,14,16). The third-order valence-corrected chi connectivity index (χ3v) is 2.06. The van der Waals surface area contributed by atoms with Crippen molar-refractivity contribution in [1.82, 2.24) is 4.90 Å². The van der Waals surface area contributed by atoms with Gasteiger partial charge in [0, 0.05) is 31.4 Å². The van der Waals surface area contributed by atoms with E-state index in [2.05, 4.69) is 5.32 Å². The summed E-state index contributed by atoms with van der Waals surface area (Å²) in [5, 5.41) is 2.24. The summed E-state index contributed by atoms with van der Waals surface area (Å²) in [6.07, 6.45) is 0. The second kappa shape index (κ2) is 4.87. The molecule has 0 radical (unpaired) electrons. The maximum atomic E-state index is 12.8. The molecule has 0 atom stereocenters.